The molecule has 5 nitrogen and oxygen atoms in total. The monoisotopic (exact) mass is 350 g/mol. The van der Waals surface area contributed by atoms with E-state index in [1.165, 1.54) is 18.6 Å². The molecule has 124 valence electrons. The number of nitrogens with one attached hydrogen (secondary N) is 1. The van der Waals surface area contributed by atoms with E-state index >= 15 is 0 Å². The second kappa shape index (κ2) is 8.06. The van der Waals surface area contributed by atoms with Crippen molar-refractivity contribution in [2.24, 2.45) is 0 Å². The van der Waals surface area contributed by atoms with E-state index in [1.54, 1.807) is 0 Å². The molecule has 0 aromatic carbocycles. The number of pyridine rings is 1. The topological polar surface area (TPSA) is 59.3 Å². The predicted octanol–water partition coefficient (Wildman–Crippen LogP) is 3.62. The van der Waals surface area contributed by atoms with Crippen LogP contribution in [0.15, 0.2) is 24.4 Å². The SMILES string of the molecule is C[C@H](NC(=O)CCCC[C@H]1CCSS1)c1nnc2ccccn12. The Hall–Kier alpha value is -1.21. The molecule has 3 heterocycles. The summed E-state index contributed by atoms with van der Waals surface area (Å²) in [5, 5.41) is 12.1. The van der Waals surface area contributed by atoms with E-state index in [-0.39, 0.29) is 11.9 Å². The van der Waals surface area contributed by atoms with Gasteiger partial charge in [-0.1, -0.05) is 34.1 Å². The fraction of sp³-hybridized carbons (Fsp3) is 0.562. The van der Waals surface area contributed by atoms with E-state index in [0.29, 0.717) is 6.42 Å². The van der Waals surface area contributed by atoms with Gasteiger partial charge in [-0.3, -0.25) is 9.20 Å². The van der Waals surface area contributed by atoms with Crippen LogP contribution in [0.5, 0.6) is 0 Å². The Morgan fingerprint density at radius 3 is 3.17 bits per heavy atom. The van der Waals surface area contributed by atoms with E-state index in [0.717, 1.165) is 29.6 Å². The first-order valence-corrected chi connectivity index (χ1v) is 10.5. The molecule has 7 heteroatoms. The second-order valence-corrected chi connectivity index (χ2v) is 8.64. The number of amides is 1. The zero-order valence-corrected chi connectivity index (χ0v) is 14.9. The molecule has 1 N–H and O–H groups in total. The van der Waals surface area contributed by atoms with Crippen molar-refractivity contribution in [2.75, 3.05) is 5.75 Å². The minimum absolute atomic E-state index is 0.0960. The van der Waals surface area contributed by atoms with Crippen molar-refractivity contribution >= 4 is 33.1 Å². The van der Waals surface area contributed by atoms with E-state index < -0.39 is 0 Å². The third kappa shape index (κ3) is 4.41. The third-order valence-corrected chi connectivity index (χ3v) is 7.02. The summed E-state index contributed by atoms with van der Waals surface area (Å²) < 4.78 is 1.92. The van der Waals surface area contributed by atoms with Crippen LogP contribution in [-0.4, -0.2) is 31.5 Å². The quantitative estimate of drug-likeness (QED) is 0.610. The predicted molar refractivity (Wildman–Crippen MR) is 96.5 cm³/mol. The summed E-state index contributed by atoms with van der Waals surface area (Å²) in [5.74, 6) is 2.14. The van der Waals surface area contributed by atoms with E-state index in [9.17, 15) is 4.79 Å². The number of aromatic nitrogens is 3. The van der Waals surface area contributed by atoms with Gasteiger partial charge in [0.15, 0.2) is 11.5 Å². The number of nitrogens with zero attached hydrogens (tertiary/aromatic N) is 3. The summed E-state index contributed by atoms with van der Waals surface area (Å²) in [6.07, 6.45) is 7.15. The van der Waals surface area contributed by atoms with Gasteiger partial charge in [-0.15, -0.1) is 10.2 Å². The van der Waals surface area contributed by atoms with Crippen molar-refractivity contribution < 1.29 is 4.79 Å². The summed E-state index contributed by atoms with van der Waals surface area (Å²) >= 11 is 0. The molecule has 0 bridgehead atoms. The van der Waals surface area contributed by atoms with Gasteiger partial charge < -0.3 is 5.32 Å². The minimum Gasteiger partial charge on any atom is -0.346 e. The van der Waals surface area contributed by atoms with Gasteiger partial charge in [-0.25, -0.2) is 0 Å². The molecule has 2 aromatic rings. The Morgan fingerprint density at radius 1 is 1.43 bits per heavy atom. The van der Waals surface area contributed by atoms with Gasteiger partial charge in [0.2, 0.25) is 5.91 Å². The van der Waals surface area contributed by atoms with Gasteiger partial charge in [0.05, 0.1) is 6.04 Å². The summed E-state index contributed by atoms with van der Waals surface area (Å²) in [4.78, 5) is 12.1. The smallest absolute Gasteiger partial charge is 0.220 e. The van der Waals surface area contributed by atoms with Crippen molar-refractivity contribution in [3.8, 4) is 0 Å². The Balaban J connectivity index is 1.43. The lowest BCUT2D eigenvalue weighted by atomic mass is 10.1. The van der Waals surface area contributed by atoms with Gasteiger partial charge in [0.25, 0.3) is 0 Å². The summed E-state index contributed by atoms with van der Waals surface area (Å²) in [5.41, 5.74) is 0.801. The summed E-state index contributed by atoms with van der Waals surface area (Å²) in [6.45, 7) is 1.95. The molecule has 3 rings (SSSR count). The Labute approximate surface area is 144 Å². The van der Waals surface area contributed by atoms with Crippen LogP contribution in [0.1, 0.15) is 50.9 Å². The largest absolute Gasteiger partial charge is 0.346 e. The molecule has 1 amide bonds. The van der Waals surface area contributed by atoms with Crippen molar-refractivity contribution in [3.63, 3.8) is 0 Å². The van der Waals surface area contributed by atoms with Crippen LogP contribution >= 0.6 is 21.6 Å². The first kappa shape index (κ1) is 16.6. The molecule has 1 aliphatic rings. The van der Waals surface area contributed by atoms with Crippen LogP contribution in [0, 0.1) is 0 Å². The molecule has 1 fully saturated rings. The zero-order chi connectivity index (χ0) is 16.1. The lowest BCUT2D eigenvalue weighted by Crippen LogP contribution is -2.27. The number of fused-ring (bicyclic) bond motifs is 1. The van der Waals surface area contributed by atoms with Crippen molar-refractivity contribution in [2.45, 2.75) is 50.3 Å². The number of hydrogen-bond acceptors (Lipinski definition) is 5. The number of carbonyl (C=O) groups excluding carboxylic acids is 1. The molecule has 0 unspecified atom stereocenters. The van der Waals surface area contributed by atoms with Crippen LogP contribution in [0.25, 0.3) is 5.65 Å². The molecule has 1 saturated heterocycles. The van der Waals surface area contributed by atoms with Gasteiger partial charge >= 0.3 is 0 Å². The first-order chi connectivity index (χ1) is 11.2. The van der Waals surface area contributed by atoms with Gasteiger partial charge in [-0.2, -0.15) is 0 Å². The standard InChI is InChI=1S/C16H22N4OS2/c1-12(16-19-18-14-7-4-5-10-20(14)16)17-15(21)8-3-2-6-13-9-11-22-23-13/h4-5,7,10,12-13H,2-3,6,8-9,11H2,1H3,(H,17,21)/t12-,13-/m0/s1. The highest BCUT2D eigenvalue weighted by Gasteiger charge is 2.17. The van der Waals surface area contributed by atoms with Gasteiger partial charge in [0.1, 0.15) is 0 Å². The first-order valence-electron chi connectivity index (χ1n) is 8.11. The Morgan fingerprint density at radius 2 is 2.35 bits per heavy atom. The molecule has 2 atom stereocenters. The Bertz CT molecular complexity index is 654. The molecular weight excluding hydrogens is 328 g/mol. The molecule has 0 spiro atoms. The average Bonchev–Trinajstić information content (AvgIpc) is 3.21. The number of hydrogen-bond donors (Lipinski definition) is 1. The van der Waals surface area contributed by atoms with Crippen LogP contribution in [-0.2, 0) is 4.79 Å². The fourth-order valence-electron chi connectivity index (χ4n) is 2.76. The fourth-order valence-corrected chi connectivity index (χ4v) is 5.78. The molecule has 0 radical (unpaired) electrons. The van der Waals surface area contributed by atoms with Crippen molar-refractivity contribution in [1.82, 2.24) is 19.9 Å². The third-order valence-electron chi connectivity index (χ3n) is 4.01. The van der Waals surface area contributed by atoms with Crippen LogP contribution in [0.4, 0.5) is 0 Å². The lowest BCUT2D eigenvalue weighted by Gasteiger charge is -2.12. The second-order valence-electron chi connectivity index (χ2n) is 5.85. The Kier molecular flexibility index (Phi) is 5.83. The van der Waals surface area contributed by atoms with Crippen molar-refractivity contribution in [1.29, 1.82) is 0 Å². The van der Waals surface area contributed by atoms with E-state index in [4.69, 9.17) is 0 Å². The number of unbranched alkanes of at least 4 members (excludes halogenated alkanes) is 1. The molecule has 2 aromatic heterocycles. The maximum Gasteiger partial charge on any atom is 0.220 e. The highest BCUT2D eigenvalue weighted by Crippen LogP contribution is 2.39. The van der Waals surface area contributed by atoms with E-state index in [2.05, 4.69) is 15.5 Å². The maximum atomic E-state index is 12.1. The van der Waals surface area contributed by atoms with Crippen LogP contribution < -0.4 is 5.32 Å². The molecule has 23 heavy (non-hydrogen) atoms. The molecule has 0 saturated carbocycles. The van der Waals surface area contributed by atoms with Crippen LogP contribution in [0.3, 0.4) is 0 Å². The summed E-state index contributed by atoms with van der Waals surface area (Å²) in [7, 11) is 3.99. The molecule has 0 aliphatic carbocycles. The number of rotatable bonds is 7. The van der Waals surface area contributed by atoms with Gasteiger partial charge in [-0.05, 0) is 38.3 Å². The van der Waals surface area contributed by atoms with Gasteiger partial charge in [0, 0.05) is 23.6 Å². The van der Waals surface area contributed by atoms with Crippen molar-refractivity contribution in [3.05, 3.63) is 30.2 Å². The van der Waals surface area contributed by atoms with Crippen LogP contribution in [0.2, 0.25) is 0 Å². The summed E-state index contributed by atoms with van der Waals surface area (Å²) in [6, 6.07) is 5.64. The number of carbonyl (C=O) groups is 1. The maximum absolute atomic E-state index is 12.1. The lowest BCUT2D eigenvalue weighted by molar-refractivity contribution is -0.121. The normalized spacial score (nSPS) is 19.1. The highest BCUT2D eigenvalue weighted by molar-refractivity contribution is 8.77. The average molecular weight is 351 g/mol. The van der Waals surface area contributed by atoms with E-state index in [1.807, 2.05) is 57.3 Å². The minimum atomic E-state index is -0.137. The highest BCUT2D eigenvalue weighted by atomic mass is 33.1. The zero-order valence-electron chi connectivity index (χ0n) is 13.3. The molecular formula is C16H22N4OS2. The molecule has 1 aliphatic heterocycles.